The summed E-state index contributed by atoms with van der Waals surface area (Å²) >= 11 is 0. The van der Waals surface area contributed by atoms with E-state index in [0.29, 0.717) is 19.0 Å². The third-order valence-electron chi connectivity index (χ3n) is 3.36. The van der Waals surface area contributed by atoms with Gasteiger partial charge in [0.05, 0.1) is 11.8 Å². The Morgan fingerprint density at radius 1 is 1.62 bits per heavy atom. The third kappa shape index (κ3) is 1.30. The number of fused-ring (bicyclic) bond motifs is 1. The van der Waals surface area contributed by atoms with Gasteiger partial charge in [0, 0.05) is 13.1 Å². The van der Waals surface area contributed by atoms with E-state index in [1.807, 2.05) is 0 Å². The molecule has 1 saturated carbocycles. The second-order valence-electron chi connectivity index (χ2n) is 4.19. The Hall–Kier alpha value is -0.130. The molecule has 2 aliphatic rings. The Balaban J connectivity index is 2.28. The molecule has 1 aliphatic carbocycles. The van der Waals surface area contributed by atoms with E-state index >= 15 is 0 Å². The van der Waals surface area contributed by atoms with Gasteiger partial charge in [-0.05, 0) is 25.2 Å². The molecule has 2 N–H and O–H groups in total. The van der Waals surface area contributed by atoms with Gasteiger partial charge < -0.3 is 5.73 Å². The van der Waals surface area contributed by atoms with Crippen LogP contribution >= 0.6 is 0 Å². The lowest BCUT2D eigenvalue weighted by molar-refractivity contribution is 0.242. The van der Waals surface area contributed by atoms with Crippen molar-refractivity contribution in [3.63, 3.8) is 0 Å². The minimum atomic E-state index is -3.05. The number of nitrogens with zero attached hydrogens (tertiary/aromatic N) is 1. The van der Waals surface area contributed by atoms with Crippen LogP contribution in [0.2, 0.25) is 0 Å². The van der Waals surface area contributed by atoms with Crippen LogP contribution in [0.3, 0.4) is 0 Å². The quantitative estimate of drug-likeness (QED) is 0.675. The van der Waals surface area contributed by atoms with Gasteiger partial charge in [-0.1, -0.05) is 0 Å². The van der Waals surface area contributed by atoms with E-state index in [1.54, 1.807) is 4.31 Å². The van der Waals surface area contributed by atoms with E-state index < -0.39 is 10.0 Å². The fourth-order valence-corrected chi connectivity index (χ4v) is 4.02. The van der Waals surface area contributed by atoms with Crippen LogP contribution in [0.5, 0.6) is 0 Å². The number of rotatable bonds is 2. The highest BCUT2D eigenvalue weighted by Gasteiger charge is 2.61. The Morgan fingerprint density at radius 2 is 2.31 bits per heavy atom. The monoisotopic (exact) mass is 204 g/mol. The van der Waals surface area contributed by atoms with Crippen LogP contribution in [-0.2, 0) is 10.0 Å². The first-order chi connectivity index (χ1) is 6.00. The number of sulfonamides is 1. The second-order valence-corrected chi connectivity index (χ2v) is 6.09. The Labute approximate surface area is 79.1 Å². The van der Waals surface area contributed by atoms with Crippen LogP contribution < -0.4 is 5.73 Å². The lowest BCUT2D eigenvalue weighted by Gasteiger charge is -2.33. The molecule has 1 saturated heterocycles. The summed E-state index contributed by atoms with van der Waals surface area (Å²) in [4.78, 5) is 0. The minimum absolute atomic E-state index is 0.189. The standard InChI is InChI=1S/C8H16N2O2S/c1-13(11,12)10-4-2-3-7-5-8(7,10)6-9/h7H,2-6,9H2,1H3. The molecule has 0 bridgehead atoms. The van der Waals surface area contributed by atoms with E-state index in [1.165, 1.54) is 6.26 Å². The molecule has 0 spiro atoms. The van der Waals surface area contributed by atoms with Gasteiger partial charge in [0.1, 0.15) is 0 Å². The first kappa shape index (κ1) is 9.43. The van der Waals surface area contributed by atoms with Gasteiger partial charge in [-0.3, -0.25) is 0 Å². The predicted molar refractivity (Wildman–Crippen MR) is 50.7 cm³/mol. The van der Waals surface area contributed by atoms with Crippen molar-refractivity contribution >= 4 is 10.0 Å². The Bertz CT molecular complexity index is 314. The van der Waals surface area contributed by atoms with Crippen LogP contribution in [0.4, 0.5) is 0 Å². The van der Waals surface area contributed by atoms with Crippen LogP contribution in [0.25, 0.3) is 0 Å². The highest BCUT2D eigenvalue weighted by Crippen LogP contribution is 2.54. The summed E-state index contributed by atoms with van der Waals surface area (Å²) in [6, 6.07) is 0. The number of hydrogen-bond acceptors (Lipinski definition) is 3. The second kappa shape index (κ2) is 2.68. The van der Waals surface area contributed by atoms with Gasteiger partial charge in [0.25, 0.3) is 0 Å². The fourth-order valence-electron chi connectivity index (χ4n) is 2.60. The van der Waals surface area contributed by atoms with E-state index in [2.05, 4.69) is 0 Å². The number of hydrogen-bond donors (Lipinski definition) is 1. The number of nitrogens with two attached hydrogens (primary N) is 1. The lowest BCUT2D eigenvalue weighted by atomic mass is 10.1. The molecule has 76 valence electrons. The van der Waals surface area contributed by atoms with Crippen molar-refractivity contribution in [1.29, 1.82) is 0 Å². The molecule has 5 heteroatoms. The molecule has 0 aromatic rings. The summed E-state index contributed by atoms with van der Waals surface area (Å²) in [5.74, 6) is 0.529. The van der Waals surface area contributed by atoms with Crippen molar-refractivity contribution in [3.05, 3.63) is 0 Å². The summed E-state index contributed by atoms with van der Waals surface area (Å²) < 4.78 is 24.5. The van der Waals surface area contributed by atoms with E-state index in [9.17, 15) is 8.42 Å². The summed E-state index contributed by atoms with van der Waals surface area (Å²) in [6.07, 6.45) is 4.38. The van der Waals surface area contributed by atoms with Gasteiger partial charge in [-0.2, -0.15) is 4.31 Å². The average molecular weight is 204 g/mol. The zero-order chi connectivity index (χ0) is 9.69. The molecular formula is C8H16N2O2S. The molecule has 0 aromatic carbocycles. The summed E-state index contributed by atoms with van der Waals surface area (Å²) in [5.41, 5.74) is 5.47. The Morgan fingerprint density at radius 3 is 2.77 bits per heavy atom. The highest BCUT2D eigenvalue weighted by molar-refractivity contribution is 7.88. The van der Waals surface area contributed by atoms with Crippen LogP contribution in [0.1, 0.15) is 19.3 Å². The van der Waals surface area contributed by atoms with Crippen molar-refractivity contribution in [2.45, 2.75) is 24.8 Å². The molecule has 1 heterocycles. The topological polar surface area (TPSA) is 63.4 Å². The fraction of sp³-hybridized carbons (Fsp3) is 1.00. The molecule has 4 nitrogen and oxygen atoms in total. The number of piperidine rings is 1. The van der Waals surface area contributed by atoms with Crippen molar-refractivity contribution in [1.82, 2.24) is 4.31 Å². The van der Waals surface area contributed by atoms with E-state index in [-0.39, 0.29) is 5.54 Å². The molecule has 1 aliphatic heterocycles. The summed E-state index contributed by atoms with van der Waals surface area (Å²) in [7, 11) is -3.05. The Kier molecular flexibility index (Phi) is 1.94. The van der Waals surface area contributed by atoms with Gasteiger partial charge in [-0.25, -0.2) is 8.42 Å². The van der Waals surface area contributed by atoms with Gasteiger partial charge in [0.2, 0.25) is 10.0 Å². The first-order valence-electron chi connectivity index (χ1n) is 4.68. The van der Waals surface area contributed by atoms with Gasteiger partial charge in [-0.15, -0.1) is 0 Å². The van der Waals surface area contributed by atoms with Crippen molar-refractivity contribution in [2.75, 3.05) is 19.3 Å². The normalized spacial score (nSPS) is 40.0. The maximum absolute atomic E-state index is 11.5. The molecule has 13 heavy (non-hydrogen) atoms. The van der Waals surface area contributed by atoms with Crippen LogP contribution in [-0.4, -0.2) is 37.6 Å². The maximum atomic E-state index is 11.5. The molecule has 2 unspecified atom stereocenters. The molecule has 0 aromatic heterocycles. The molecule has 2 fully saturated rings. The zero-order valence-electron chi connectivity index (χ0n) is 7.86. The lowest BCUT2D eigenvalue weighted by Crippen LogP contribution is -2.50. The first-order valence-corrected chi connectivity index (χ1v) is 6.53. The molecule has 2 rings (SSSR count). The SMILES string of the molecule is CS(=O)(=O)N1CCCC2CC21CN. The minimum Gasteiger partial charge on any atom is -0.329 e. The molecule has 0 radical (unpaired) electrons. The van der Waals surface area contributed by atoms with Gasteiger partial charge >= 0.3 is 0 Å². The van der Waals surface area contributed by atoms with E-state index in [0.717, 1.165) is 19.3 Å². The maximum Gasteiger partial charge on any atom is 0.211 e. The smallest absolute Gasteiger partial charge is 0.211 e. The summed E-state index contributed by atoms with van der Waals surface area (Å²) in [5, 5.41) is 0. The largest absolute Gasteiger partial charge is 0.329 e. The zero-order valence-corrected chi connectivity index (χ0v) is 8.68. The summed E-state index contributed by atoms with van der Waals surface area (Å²) in [6.45, 7) is 1.14. The van der Waals surface area contributed by atoms with E-state index in [4.69, 9.17) is 5.73 Å². The van der Waals surface area contributed by atoms with Crippen molar-refractivity contribution in [2.24, 2.45) is 11.7 Å². The van der Waals surface area contributed by atoms with Crippen LogP contribution in [0.15, 0.2) is 0 Å². The van der Waals surface area contributed by atoms with Crippen molar-refractivity contribution < 1.29 is 8.42 Å². The molecule has 0 amide bonds. The highest BCUT2D eigenvalue weighted by atomic mass is 32.2. The predicted octanol–water partition coefficient (Wildman–Crippen LogP) is -0.241. The molecule has 2 atom stereocenters. The third-order valence-corrected chi connectivity index (χ3v) is 4.71. The van der Waals surface area contributed by atoms with Gasteiger partial charge in [0.15, 0.2) is 0 Å². The average Bonchev–Trinajstić information content (AvgIpc) is 2.75. The van der Waals surface area contributed by atoms with Crippen LogP contribution in [0, 0.1) is 5.92 Å². The molecular weight excluding hydrogens is 188 g/mol. The van der Waals surface area contributed by atoms with Crippen molar-refractivity contribution in [3.8, 4) is 0 Å².